The quantitative estimate of drug-likeness (QED) is 0.0491. The maximum absolute atomic E-state index is 12.8. The van der Waals surface area contributed by atoms with Gasteiger partial charge < -0.3 is 40.2 Å². The third-order valence-corrected chi connectivity index (χ3v) is 7.54. The smallest absolute Gasteiger partial charge is 0.266 e. The lowest BCUT2D eigenvalue weighted by Crippen LogP contribution is -2.53. The second-order valence-electron chi connectivity index (χ2n) is 11.5. The maximum Gasteiger partial charge on any atom is 0.266 e. The zero-order valence-electron chi connectivity index (χ0n) is 29.0. The molecule has 0 aliphatic carbocycles. The molecule has 0 heterocycles. The SMILES string of the molecule is CCCCC(=O)N[C@H](C(=O)N[C@@H](CCCCNC(=O)CCOCCOCCOCCOCCC(=O)NCCS(=O)(=O)O)C(C)=O)C(C)C. The highest BCUT2D eigenvalue weighted by molar-refractivity contribution is 7.85. The second-order valence-corrected chi connectivity index (χ2v) is 13.1. The number of amides is 4. The molecule has 0 fully saturated rings. The summed E-state index contributed by atoms with van der Waals surface area (Å²) in [6, 6.07) is -1.37. The number of rotatable bonds is 31. The molecule has 0 saturated heterocycles. The molecule has 4 amide bonds. The molecule has 0 rings (SSSR count). The van der Waals surface area contributed by atoms with E-state index in [4.69, 9.17) is 23.5 Å². The molecule has 5 N–H and O–H groups in total. The van der Waals surface area contributed by atoms with Crippen LogP contribution in [0.5, 0.6) is 0 Å². The number of Topliss-reactive ketones (excluding diaryl/α,β-unsaturated/α-hetero) is 1. The predicted molar refractivity (Wildman–Crippen MR) is 178 cm³/mol. The second kappa shape index (κ2) is 28.2. The van der Waals surface area contributed by atoms with Crippen LogP contribution in [-0.4, -0.2) is 126 Å². The highest BCUT2D eigenvalue weighted by Crippen LogP contribution is 2.07. The van der Waals surface area contributed by atoms with E-state index >= 15 is 0 Å². The van der Waals surface area contributed by atoms with E-state index in [9.17, 15) is 32.4 Å². The van der Waals surface area contributed by atoms with E-state index in [1.165, 1.54) is 6.92 Å². The zero-order valence-corrected chi connectivity index (χ0v) is 29.8. The van der Waals surface area contributed by atoms with Crippen molar-refractivity contribution in [2.24, 2.45) is 5.92 Å². The Bertz CT molecular complexity index is 1040. The molecular weight excluding hydrogens is 652 g/mol. The molecule has 0 unspecified atom stereocenters. The van der Waals surface area contributed by atoms with Crippen LogP contribution in [0.25, 0.3) is 0 Å². The van der Waals surface area contributed by atoms with Gasteiger partial charge in [0.1, 0.15) is 6.04 Å². The first-order valence-corrected chi connectivity index (χ1v) is 18.3. The van der Waals surface area contributed by atoms with Crippen LogP contribution in [0.2, 0.25) is 0 Å². The Morgan fingerprint density at radius 3 is 1.62 bits per heavy atom. The Morgan fingerprint density at radius 2 is 1.17 bits per heavy atom. The largest absolute Gasteiger partial charge is 0.379 e. The van der Waals surface area contributed by atoms with Gasteiger partial charge in [0.2, 0.25) is 23.6 Å². The van der Waals surface area contributed by atoms with E-state index in [1.54, 1.807) is 0 Å². The van der Waals surface area contributed by atoms with Crippen molar-refractivity contribution >= 4 is 39.5 Å². The van der Waals surface area contributed by atoms with E-state index in [0.717, 1.165) is 12.8 Å². The summed E-state index contributed by atoms with van der Waals surface area (Å²) >= 11 is 0. The van der Waals surface area contributed by atoms with Crippen molar-refractivity contribution in [2.45, 2.75) is 91.1 Å². The summed E-state index contributed by atoms with van der Waals surface area (Å²) in [6.07, 6.45) is 3.92. The number of unbranched alkanes of at least 4 members (excludes halogenated alkanes) is 2. The summed E-state index contributed by atoms with van der Waals surface area (Å²) in [6.45, 7) is 9.70. The lowest BCUT2D eigenvalue weighted by atomic mass is 10.0. The first-order valence-electron chi connectivity index (χ1n) is 16.7. The lowest BCUT2D eigenvalue weighted by Gasteiger charge is -2.24. The van der Waals surface area contributed by atoms with Crippen LogP contribution >= 0.6 is 0 Å². The van der Waals surface area contributed by atoms with Crippen LogP contribution in [0.4, 0.5) is 0 Å². The van der Waals surface area contributed by atoms with Gasteiger partial charge in [-0.1, -0.05) is 27.2 Å². The molecule has 0 aromatic heterocycles. The standard InChI is InChI=1S/C31H58N4O12S/c1-5-6-10-29(39)35-30(24(2)3)31(40)34-26(25(4)36)9-7-8-13-32-27(37)11-15-44-17-19-46-21-22-47-20-18-45-16-12-28(38)33-14-23-48(41,42)43/h24,26,30H,5-23H2,1-4H3,(H,32,37)(H,33,38)(H,34,40)(H,35,39)(H,41,42,43)/t26-,30-/m0/s1. The number of hydrogen-bond donors (Lipinski definition) is 5. The van der Waals surface area contributed by atoms with Crippen LogP contribution in [-0.2, 0) is 53.0 Å². The van der Waals surface area contributed by atoms with Crippen molar-refractivity contribution in [3.63, 3.8) is 0 Å². The molecule has 0 bridgehead atoms. The molecule has 2 atom stereocenters. The summed E-state index contributed by atoms with van der Waals surface area (Å²) in [5, 5.41) is 10.7. The van der Waals surface area contributed by atoms with Gasteiger partial charge >= 0.3 is 0 Å². The van der Waals surface area contributed by atoms with E-state index in [0.29, 0.717) is 65.3 Å². The Morgan fingerprint density at radius 1 is 0.667 bits per heavy atom. The third-order valence-electron chi connectivity index (χ3n) is 6.82. The van der Waals surface area contributed by atoms with E-state index in [-0.39, 0.29) is 74.5 Å². The fraction of sp³-hybridized carbons (Fsp3) is 0.839. The maximum atomic E-state index is 12.8. The first kappa shape index (κ1) is 45.3. The number of hydrogen-bond acceptors (Lipinski definition) is 11. The van der Waals surface area contributed by atoms with Gasteiger partial charge in [0.15, 0.2) is 5.78 Å². The molecule has 0 aromatic carbocycles. The first-order chi connectivity index (χ1) is 22.8. The van der Waals surface area contributed by atoms with Gasteiger partial charge in [-0.2, -0.15) is 8.42 Å². The summed E-state index contributed by atoms with van der Waals surface area (Å²) < 4.78 is 51.2. The molecule has 0 aliphatic heterocycles. The molecule has 0 radical (unpaired) electrons. The van der Waals surface area contributed by atoms with E-state index < -0.39 is 28.0 Å². The van der Waals surface area contributed by atoms with Gasteiger partial charge in [-0.25, -0.2) is 0 Å². The normalized spacial score (nSPS) is 12.7. The highest BCUT2D eigenvalue weighted by Gasteiger charge is 2.27. The molecule has 48 heavy (non-hydrogen) atoms. The average molecular weight is 711 g/mol. The number of nitrogens with one attached hydrogen (secondary N) is 4. The summed E-state index contributed by atoms with van der Waals surface area (Å²) in [4.78, 5) is 60.6. The van der Waals surface area contributed by atoms with E-state index in [2.05, 4.69) is 21.3 Å². The Balaban J connectivity index is 3.81. The molecule has 17 heteroatoms. The minimum Gasteiger partial charge on any atom is -0.379 e. The third kappa shape index (κ3) is 27.3. The average Bonchev–Trinajstić information content (AvgIpc) is 3.00. The van der Waals surface area contributed by atoms with Gasteiger partial charge in [0.25, 0.3) is 10.1 Å². The van der Waals surface area contributed by atoms with Gasteiger partial charge in [0, 0.05) is 32.4 Å². The minimum atomic E-state index is -4.10. The minimum absolute atomic E-state index is 0.0594. The van der Waals surface area contributed by atoms with Gasteiger partial charge in [-0.3, -0.25) is 28.5 Å². The molecule has 0 aromatic rings. The van der Waals surface area contributed by atoms with Crippen molar-refractivity contribution in [1.29, 1.82) is 0 Å². The number of ketones is 1. The van der Waals surface area contributed by atoms with Gasteiger partial charge in [-0.05, 0) is 38.5 Å². The van der Waals surface area contributed by atoms with Crippen LogP contribution in [0.1, 0.15) is 79.1 Å². The summed E-state index contributed by atoms with van der Waals surface area (Å²) in [5.41, 5.74) is 0. The van der Waals surface area contributed by atoms with E-state index in [1.807, 2.05) is 20.8 Å². The summed E-state index contributed by atoms with van der Waals surface area (Å²) in [5.74, 6) is -1.92. The number of carbonyl (C=O) groups is 5. The molecule has 0 spiro atoms. The topological polar surface area (TPSA) is 225 Å². The molecule has 0 aliphatic rings. The van der Waals surface area contributed by atoms with Crippen molar-refractivity contribution < 1.29 is 55.9 Å². The van der Waals surface area contributed by atoms with Gasteiger partial charge in [-0.15, -0.1) is 0 Å². The van der Waals surface area contributed by atoms with Crippen molar-refractivity contribution in [1.82, 2.24) is 21.3 Å². The van der Waals surface area contributed by atoms with Crippen LogP contribution < -0.4 is 21.3 Å². The molecule has 16 nitrogen and oxygen atoms in total. The number of ether oxygens (including phenoxy) is 4. The van der Waals surface area contributed by atoms with Crippen molar-refractivity contribution in [3.05, 3.63) is 0 Å². The van der Waals surface area contributed by atoms with Crippen LogP contribution in [0.15, 0.2) is 0 Å². The molecular formula is C31H58N4O12S. The van der Waals surface area contributed by atoms with Gasteiger partial charge in [0.05, 0.1) is 64.6 Å². The Kier molecular flexibility index (Phi) is 26.6. The fourth-order valence-electron chi connectivity index (χ4n) is 4.05. The Labute approximate surface area is 285 Å². The Hall–Kier alpha value is -2.70. The lowest BCUT2D eigenvalue weighted by molar-refractivity contribution is -0.132. The highest BCUT2D eigenvalue weighted by atomic mass is 32.2. The van der Waals surface area contributed by atoms with Crippen molar-refractivity contribution in [2.75, 3.05) is 71.7 Å². The van der Waals surface area contributed by atoms with Crippen LogP contribution in [0.3, 0.4) is 0 Å². The van der Waals surface area contributed by atoms with Crippen LogP contribution in [0, 0.1) is 5.92 Å². The van der Waals surface area contributed by atoms with Crippen molar-refractivity contribution in [3.8, 4) is 0 Å². The molecule has 0 saturated carbocycles. The summed E-state index contributed by atoms with van der Waals surface area (Å²) in [7, 11) is -4.10. The predicted octanol–water partition coefficient (Wildman–Crippen LogP) is 0.528. The zero-order chi connectivity index (χ0) is 36.2. The number of carbonyl (C=O) groups excluding carboxylic acids is 5. The monoisotopic (exact) mass is 710 g/mol. The molecule has 280 valence electrons. The fourth-order valence-corrected chi connectivity index (χ4v) is 4.41.